The number of aryl methyl sites for hydroxylation is 1. The first-order valence-corrected chi connectivity index (χ1v) is 10.9. The van der Waals surface area contributed by atoms with Crippen molar-refractivity contribution in [2.45, 2.75) is 82.4 Å². The quantitative estimate of drug-likeness (QED) is 0.320. The molecular weight excluding hydrogens is 351 g/mol. The van der Waals surface area contributed by atoms with E-state index in [2.05, 4.69) is 25.1 Å². The Morgan fingerprint density at radius 1 is 0.846 bits per heavy atom. The molecule has 1 unspecified atom stereocenters. The fraction of sp³-hybridized carbons (Fsp3) is 0.545. The Balaban J connectivity index is 0.00000338. The van der Waals surface area contributed by atoms with Crippen molar-refractivity contribution in [3.8, 4) is 0 Å². The molecule has 2 aromatic rings. The van der Waals surface area contributed by atoms with Crippen LogP contribution in [0.3, 0.4) is 0 Å². The fourth-order valence-corrected chi connectivity index (χ4v) is 3.83. The summed E-state index contributed by atoms with van der Waals surface area (Å²) in [6.45, 7) is 2.26. The molecule has 4 heteroatoms. The molecule has 0 N–H and O–H groups in total. The minimum atomic E-state index is -2.16. The normalized spacial score (nSPS) is 12.1. The Bertz CT molecular complexity index is 672. The van der Waals surface area contributed by atoms with Gasteiger partial charge in [-0.2, -0.15) is 0 Å². The van der Waals surface area contributed by atoms with Gasteiger partial charge in [-0.25, -0.2) is 0 Å². The van der Waals surface area contributed by atoms with Crippen LogP contribution < -0.4 is 29.6 Å². The van der Waals surface area contributed by atoms with Crippen LogP contribution in [0.2, 0.25) is 0 Å². The number of benzene rings is 2. The molecule has 2 nitrogen and oxygen atoms in total. The van der Waals surface area contributed by atoms with Gasteiger partial charge in [0.2, 0.25) is 0 Å². The number of hydrogen-bond donors (Lipinski definition) is 0. The van der Waals surface area contributed by atoms with Crippen molar-refractivity contribution in [2.75, 3.05) is 0 Å². The number of hydrogen-bond acceptors (Lipinski definition) is 2. The molecule has 0 amide bonds. The maximum atomic E-state index is 11.2. The second-order valence-electron chi connectivity index (χ2n) is 6.97. The van der Waals surface area contributed by atoms with Crippen LogP contribution in [-0.4, -0.2) is 8.76 Å². The summed E-state index contributed by atoms with van der Waals surface area (Å²) in [4.78, 5) is 0.378. The van der Waals surface area contributed by atoms with E-state index in [0.717, 1.165) is 17.2 Å². The van der Waals surface area contributed by atoms with E-state index >= 15 is 0 Å². The Hall–Kier alpha value is -0.190. The van der Waals surface area contributed by atoms with E-state index in [9.17, 15) is 8.76 Å². The van der Waals surface area contributed by atoms with E-state index in [0.29, 0.717) is 4.90 Å². The molecule has 0 aliphatic carbocycles. The molecule has 0 fully saturated rings. The summed E-state index contributed by atoms with van der Waals surface area (Å²) in [6.07, 6.45) is 14.4. The van der Waals surface area contributed by atoms with E-state index in [-0.39, 0.29) is 29.6 Å². The van der Waals surface area contributed by atoms with Gasteiger partial charge in [0.25, 0.3) is 0 Å². The third-order valence-corrected chi connectivity index (χ3v) is 5.57. The fourth-order valence-electron chi connectivity index (χ4n) is 3.44. The van der Waals surface area contributed by atoms with Crippen LogP contribution in [0.15, 0.2) is 41.3 Å². The molecule has 0 saturated carbocycles. The molecule has 0 aliphatic rings. The number of fused-ring (bicyclic) bond motifs is 1. The first-order valence-electron chi connectivity index (χ1n) is 9.83. The second-order valence-corrected chi connectivity index (χ2v) is 7.91. The van der Waals surface area contributed by atoms with Gasteiger partial charge in [-0.05, 0) is 52.4 Å². The van der Waals surface area contributed by atoms with Crippen molar-refractivity contribution in [3.63, 3.8) is 0 Å². The molecule has 0 heterocycles. The first kappa shape index (κ1) is 23.8. The SMILES string of the molecule is CCCCCCCCCCCCc1cccc2ccc(S(=O)[O-])cc12.[Na+]. The van der Waals surface area contributed by atoms with E-state index in [4.69, 9.17) is 0 Å². The summed E-state index contributed by atoms with van der Waals surface area (Å²) in [5, 5.41) is 2.21. The van der Waals surface area contributed by atoms with Crippen LogP contribution in [0.25, 0.3) is 10.8 Å². The van der Waals surface area contributed by atoms with E-state index in [1.54, 1.807) is 6.07 Å². The molecule has 0 spiro atoms. The third-order valence-electron chi connectivity index (χ3n) is 4.94. The van der Waals surface area contributed by atoms with Gasteiger partial charge in [0.15, 0.2) is 0 Å². The number of unbranched alkanes of at least 4 members (excludes halogenated alkanes) is 9. The van der Waals surface area contributed by atoms with Crippen LogP contribution >= 0.6 is 0 Å². The molecule has 2 rings (SSSR count). The molecule has 0 aliphatic heterocycles. The van der Waals surface area contributed by atoms with E-state index < -0.39 is 11.1 Å². The third kappa shape index (κ3) is 8.22. The molecule has 0 saturated heterocycles. The van der Waals surface area contributed by atoms with Gasteiger partial charge in [-0.15, -0.1) is 0 Å². The topological polar surface area (TPSA) is 40.1 Å². The average molecular weight is 383 g/mol. The van der Waals surface area contributed by atoms with Crippen molar-refractivity contribution >= 4 is 21.9 Å². The van der Waals surface area contributed by atoms with Gasteiger partial charge in [0.1, 0.15) is 0 Å². The zero-order chi connectivity index (χ0) is 17.9. The predicted molar refractivity (Wildman–Crippen MR) is 107 cm³/mol. The van der Waals surface area contributed by atoms with Crippen LogP contribution in [0.1, 0.15) is 76.7 Å². The van der Waals surface area contributed by atoms with Crippen LogP contribution in [0, 0.1) is 0 Å². The largest absolute Gasteiger partial charge is 1.00 e. The van der Waals surface area contributed by atoms with Gasteiger partial charge in [-0.3, -0.25) is 4.21 Å². The first-order chi connectivity index (χ1) is 12.2. The van der Waals surface area contributed by atoms with Gasteiger partial charge >= 0.3 is 29.6 Å². The smallest absolute Gasteiger partial charge is 0.768 e. The van der Waals surface area contributed by atoms with E-state index in [1.165, 1.54) is 69.8 Å². The second kappa shape index (κ2) is 13.9. The van der Waals surface area contributed by atoms with Gasteiger partial charge < -0.3 is 4.55 Å². The van der Waals surface area contributed by atoms with Gasteiger partial charge in [0.05, 0.1) is 0 Å². The molecule has 0 aromatic heterocycles. The summed E-state index contributed by atoms with van der Waals surface area (Å²) in [5.74, 6) is 0. The molecule has 1 atom stereocenters. The van der Waals surface area contributed by atoms with Crippen LogP contribution in [-0.2, 0) is 17.5 Å². The average Bonchev–Trinajstić information content (AvgIpc) is 2.63. The Morgan fingerprint density at radius 3 is 2.08 bits per heavy atom. The maximum Gasteiger partial charge on any atom is 1.00 e. The molecule has 0 bridgehead atoms. The van der Waals surface area contributed by atoms with E-state index in [1.807, 2.05) is 12.1 Å². The summed E-state index contributed by atoms with van der Waals surface area (Å²) < 4.78 is 22.4. The van der Waals surface area contributed by atoms with Crippen molar-refractivity contribution < 1.29 is 38.3 Å². The number of rotatable bonds is 12. The summed E-state index contributed by atoms with van der Waals surface area (Å²) in [7, 11) is 0. The standard InChI is InChI=1S/C22H32O2S.Na/c1-2-3-4-5-6-7-8-9-10-11-13-19-14-12-15-20-16-17-21(25(23)24)18-22(19)20;/h12,14-18H,2-11,13H2,1H3,(H,23,24);/q;+1/p-1. The summed E-state index contributed by atoms with van der Waals surface area (Å²) in [5.41, 5.74) is 1.27. The monoisotopic (exact) mass is 382 g/mol. The zero-order valence-electron chi connectivity index (χ0n) is 16.5. The van der Waals surface area contributed by atoms with Crippen LogP contribution in [0.4, 0.5) is 0 Å². The Labute approximate surface area is 183 Å². The maximum absolute atomic E-state index is 11.2. The molecule has 26 heavy (non-hydrogen) atoms. The van der Waals surface area contributed by atoms with Crippen molar-refractivity contribution in [2.24, 2.45) is 0 Å². The Morgan fingerprint density at radius 2 is 1.46 bits per heavy atom. The van der Waals surface area contributed by atoms with Gasteiger partial charge in [0, 0.05) is 4.90 Å². The minimum absolute atomic E-state index is 0. The Kier molecular flexibility index (Phi) is 12.8. The van der Waals surface area contributed by atoms with Crippen molar-refractivity contribution in [1.82, 2.24) is 0 Å². The van der Waals surface area contributed by atoms with Crippen LogP contribution in [0.5, 0.6) is 0 Å². The van der Waals surface area contributed by atoms with Crippen molar-refractivity contribution in [1.29, 1.82) is 0 Å². The predicted octanol–water partition coefficient (Wildman–Crippen LogP) is 3.55. The summed E-state index contributed by atoms with van der Waals surface area (Å²) in [6, 6.07) is 11.6. The van der Waals surface area contributed by atoms with Crippen molar-refractivity contribution in [3.05, 3.63) is 42.0 Å². The molecule has 0 radical (unpaired) electrons. The minimum Gasteiger partial charge on any atom is -0.768 e. The summed E-state index contributed by atoms with van der Waals surface area (Å²) >= 11 is -2.16. The zero-order valence-corrected chi connectivity index (χ0v) is 19.3. The molecule has 138 valence electrons. The van der Waals surface area contributed by atoms with Gasteiger partial charge in [-0.1, -0.05) is 89.0 Å². The molecular formula is C22H31NaO2S. The molecule has 2 aromatic carbocycles.